The summed E-state index contributed by atoms with van der Waals surface area (Å²) in [5.41, 5.74) is -3.01. The van der Waals surface area contributed by atoms with Crippen LogP contribution in [0.4, 0.5) is 23.2 Å². The minimum absolute atomic E-state index is 0.00839. The Kier molecular flexibility index (Phi) is 8.08. The summed E-state index contributed by atoms with van der Waals surface area (Å²) >= 11 is 17.9. The van der Waals surface area contributed by atoms with E-state index >= 15 is 0 Å². The number of carbonyl (C=O) groups excluding carboxylic acids is 2. The van der Waals surface area contributed by atoms with Crippen molar-refractivity contribution in [1.82, 2.24) is 5.32 Å². The van der Waals surface area contributed by atoms with Crippen LogP contribution < -0.4 is 10.2 Å². The summed E-state index contributed by atoms with van der Waals surface area (Å²) in [6.45, 7) is 3.98. The van der Waals surface area contributed by atoms with E-state index in [0.29, 0.717) is 0 Å². The van der Waals surface area contributed by atoms with E-state index < -0.39 is 41.4 Å². The summed E-state index contributed by atoms with van der Waals surface area (Å²) in [5, 5.41) is 2.05. The Morgan fingerprint density at radius 2 is 1.69 bits per heavy atom. The second-order valence-electron chi connectivity index (χ2n) is 9.47. The molecule has 12 heteroatoms. The third-order valence-electron chi connectivity index (χ3n) is 5.77. The fraction of sp³-hybridized carbons (Fsp3) is 0.417. The lowest BCUT2D eigenvalue weighted by molar-refractivity contribution is -0.184. The molecule has 1 atom stereocenters. The molecule has 3 rings (SSSR count). The van der Waals surface area contributed by atoms with Gasteiger partial charge in [0.05, 0.1) is 15.1 Å². The van der Waals surface area contributed by atoms with Crippen molar-refractivity contribution < 1.29 is 31.9 Å². The first-order chi connectivity index (χ1) is 16.5. The SMILES string of the molecule is CC(C)(C)OC(=O)C(=O)NCc1ccc(N2CCC(c3cc(Cl)c(Cl)c(Cl)c3)(C(F)(F)F)C2)cc1F. The molecule has 1 saturated heterocycles. The Labute approximate surface area is 220 Å². The van der Waals surface area contributed by atoms with Crippen LogP contribution in [0.15, 0.2) is 30.3 Å². The third kappa shape index (κ3) is 6.01. The maximum absolute atomic E-state index is 14.8. The normalized spacial score (nSPS) is 18.3. The smallest absolute Gasteiger partial charge is 0.400 e. The van der Waals surface area contributed by atoms with E-state index in [0.717, 1.165) is 18.2 Å². The predicted octanol–water partition coefficient (Wildman–Crippen LogP) is 6.45. The van der Waals surface area contributed by atoms with Gasteiger partial charge in [-0.3, -0.25) is 4.79 Å². The van der Waals surface area contributed by atoms with Crippen molar-refractivity contribution in [2.24, 2.45) is 0 Å². The molecule has 0 spiro atoms. The number of alkyl halides is 3. The molecule has 0 radical (unpaired) electrons. The van der Waals surface area contributed by atoms with Gasteiger partial charge in [-0.05, 0) is 57.0 Å². The number of benzene rings is 2. The zero-order valence-corrected chi connectivity index (χ0v) is 21.8. The number of hydrogen-bond donors (Lipinski definition) is 1. The van der Waals surface area contributed by atoms with Gasteiger partial charge in [-0.1, -0.05) is 40.9 Å². The van der Waals surface area contributed by atoms with Crippen LogP contribution in [0.2, 0.25) is 15.1 Å². The molecule has 0 saturated carbocycles. The van der Waals surface area contributed by atoms with Crippen molar-refractivity contribution >= 4 is 52.4 Å². The van der Waals surface area contributed by atoms with Gasteiger partial charge in [0.25, 0.3) is 0 Å². The third-order valence-corrected chi connectivity index (χ3v) is 6.97. The van der Waals surface area contributed by atoms with Crippen molar-refractivity contribution in [2.75, 3.05) is 18.0 Å². The lowest BCUT2D eigenvalue weighted by Gasteiger charge is -2.33. The van der Waals surface area contributed by atoms with Crippen molar-refractivity contribution in [3.63, 3.8) is 0 Å². The van der Waals surface area contributed by atoms with E-state index in [-0.39, 0.29) is 51.4 Å². The van der Waals surface area contributed by atoms with E-state index in [1.807, 2.05) is 0 Å². The van der Waals surface area contributed by atoms with Crippen molar-refractivity contribution in [3.05, 3.63) is 62.3 Å². The minimum Gasteiger partial charge on any atom is -0.453 e. The summed E-state index contributed by atoms with van der Waals surface area (Å²) in [5.74, 6) is -2.90. The highest BCUT2D eigenvalue weighted by atomic mass is 35.5. The van der Waals surface area contributed by atoms with Gasteiger partial charge in [0.1, 0.15) is 16.8 Å². The Morgan fingerprint density at radius 1 is 1.08 bits per heavy atom. The van der Waals surface area contributed by atoms with Gasteiger partial charge in [-0.15, -0.1) is 0 Å². The molecule has 1 unspecified atom stereocenters. The number of ether oxygens (including phenoxy) is 1. The second kappa shape index (κ2) is 10.3. The van der Waals surface area contributed by atoms with Crippen molar-refractivity contribution in [3.8, 4) is 0 Å². The fourth-order valence-electron chi connectivity index (χ4n) is 3.94. The molecule has 0 bridgehead atoms. The highest BCUT2D eigenvalue weighted by Gasteiger charge is 2.59. The van der Waals surface area contributed by atoms with E-state index in [1.54, 1.807) is 20.8 Å². The summed E-state index contributed by atoms with van der Waals surface area (Å²) in [4.78, 5) is 25.1. The molecule has 0 aromatic heterocycles. The molecule has 2 aromatic rings. The Morgan fingerprint density at radius 3 is 2.22 bits per heavy atom. The van der Waals surface area contributed by atoms with E-state index in [4.69, 9.17) is 39.5 Å². The number of nitrogens with one attached hydrogen (secondary N) is 1. The van der Waals surface area contributed by atoms with Crippen LogP contribution in [0.1, 0.15) is 38.3 Å². The van der Waals surface area contributed by atoms with E-state index in [2.05, 4.69) is 5.32 Å². The predicted molar refractivity (Wildman–Crippen MR) is 130 cm³/mol. The van der Waals surface area contributed by atoms with Crippen molar-refractivity contribution in [2.45, 2.75) is 50.9 Å². The maximum atomic E-state index is 14.8. The largest absolute Gasteiger partial charge is 0.453 e. The number of amides is 1. The zero-order chi connectivity index (χ0) is 27.1. The first kappa shape index (κ1) is 28.3. The average molecular weight is 570 g/mol. The second-order valence-corrected chi connectivity index (χ2v) is 10.7. The number of esters is 1. The highest BCUT2D eigenvalue weighted by molar-refractivity contribution is 6.48. The fourth-order valence-corrected chi connectivity index (χ4v) is 4.54. The van der Waals surface area contributed by atoms with E-state index in [1.165, 1.54) is 17.0 Å². The summed E-state index contributed by atoms with van der Waals surface area (Å²) in [6, 6.07) is 6.19. The molecule has 1 aliphatic rings. The molecule has 2 aromatic carbocycles. The quantitative estimate of drug-likeness (QED) is 0.199. The number of halogens is 7. The lowest BCUT2D eigenvalue weighted by Crippen LogP contribution is -2.45. The van der Waals surface area contributed by atoms with Crippen LogP contribution >= 0.6 is 34.8 Å². The average Bonchev–Trinajstić information content (AvgIpc) is 3.22. The molecule has 1 N–H and O–H groups in total. The highest BCUT2D eigenvalue weighted by Crippen LogP contribution is 2.50. The van der Waals surface area contributed by atoms with Crippen LogP contribution in [0.5, 0.6) is 0 Å². The monoisotopic (exact) mass is 568 g/mol. The Hall–Kier alpha value is -2.23. The van der Waals surface area contributed by atoms with Crippen LogP contribution in [-0.4, -0.2) is 36.7 Å². The van der Waals surface area contributed by atoms with Crippen molar-refractivity contribution in [1.29, 1.82) is 0 Å². The molecule has 196 valence electrons. The van der Waals surface area contributed by atoms with Gasteiger partial charge in [0, 0.05) is 30.9 Å². The Balaban J connectivity index is 1.78. The molecular weight excluding hydrogens is 547 g/mol. The molecule has 0 aliphatic carbocycles. The molecule has 36 heavy (non-hydrogen) atoms. The van der Waals surface area contributed by atoms with Crippen LogP contribution in [0.25, 0.3) is 0 Å². The van der Waals surface area contributed by atoms with Crippen LogP contribution in [0, 0.1) is 5.82 Å². The van der Waals surface area contributed by atoms with Gasteiger partial charge in [-0.25, -0.2) is 9.18 Å². The summed E-state index contributed by atoms with van der Waals surface area (Å²) in [7, 11) is 0. The number of carbonyl (C=O) groups is 2. The molecule has 5 nitrogen and oxygen atoms in total. The molecular formula is C24H23Cl3F4N2O3. The number of rotatable bonds is 4. The molecule has 1 aliphatic heterocycles. The molecule has 1 amide bonds. The lowest BCUT2D eigenvalue weighted by atomic mass is 9.79. The Bertz CT molecular complexity index is 1160. The van der Waals surface area contributed by atoms with Crippen LogP contribution in [-0.2, 0) is 26.3 Å². The molecule has 1 heterocycles. The topological polar surface area (TPSA) is 58.6 Å². The molecule has 1 fully saturated rings. The van der Waals surface area contributed by atoms with Crippen LogP contribution in [0.3, 0.4) is 0 Å². The first-order valence-corrected chi connectivity index (χ1v) is 11.9. The van der Waals surface area contributed by atoms with Gasteiger partial charge in [0.2, 0.25) is 0 Å². The van der Waals surface area contributed by atoms with Gasteiger partial charge in [-0.2, -0.15) is 13.2 Å². The summed E-state index contributed by atoms with van der Waals surface area (Å²) in [6.07, 6.45) is -4.95. The summed E-state index contributed by atoms with van der Waals surface area (Å²) < 4.78 is 62.7. The van der Waals surface area contributed by atoms with Gasteiger partial charge < -0.3 is 15.0 Å². The van der Waals surface area contributed by atoms with Gasteiger partial charge >= 0.3 is 18.1 Å². The maximum Gasteiger partial charge on any atom is 0.400 e. The number of nitrogens with zero attached hydrogens (tertiary/aromatic N) is 1. The number of anilines is 1. The minimum atomic E-state index is -4.65. The van der Waals surface area contributed by atoms with E-state index in [9.17, 15) is 27.2 Å². The standard InChI is InChI=1S/C24H23Cl3F4N2O3/c1-22(2,3)36-21(35)20(34)32-11-13-4-5-15(10-18(13)28)33-7-6-23(12-33,24(29,30)31)14-8-16(25)19(27)17(26)9-14/h4-5,8-10H,6-7,11-12H2,1-3H3,(H,32,34). The van der Waals surface area contributed by atoms with Gasteiger partial charge in [0.15, 0.2) is 0 Å². The zero-order valence-electron chi connectivity index (χ0n) is 19.5. The number of hydrogen-bond acceptors (Lipinski definition) is 4. The first-order valence-electron chi connectivity index (χ1n) is 10.8.